The second kappa shape index (κ2) is 6.95. The average Bonchev–Trinajstić information content (AvgIpc) is 2.96. The van der Waals surface area contributed by atoms with Gasteiger partial charge in [0.15, 0.2) is 11.2 Å². The third-order valence-electron chi connectivity index (χ3n) is 3.27. The van der Waals surface area contributed by atoms with Crippen molar-refractivity contribution in [1.29, 1.82) is 0 Å². The van der Waals surface area contributed by atoms with Gasteiger partial charge in [-0.05, 0) is 12.5 Å². The van der Waals surface area contributed by atoms with Crippen molar-refractivity contribution in [2.75, 3.05) is 12.3 Å². The SMILES string of the molecule is CCOC(=O)Cn1cnc2c(OCc3ccccc3)nc(N)nc21. The van der Waals surface area contributed by atoms with Crippen molar-refractivity contribution >= 4 is 23.1 Å². The van der Waals surface area contributed by atoms with Crippen LogP contribution in [-0.4, -0.2) is 32.1 Å². The van der Waals surface area contributed by atoms with E-state index in [-0.39, 0.29) is 24.3 Å². The van der Waals surface area contributed by atoms with E-state index in [1.54, 1.807) is 11.5 Å². The van der Waals surface area contributed by atoms with Crippen molar-refractivity contribution in [2.24, 2.45) is 0 Å². The van der Waals surface area contributed by atoms with Crippen molar-refractivity contribution in [3.05, 3.63) is 42.2 Å². The van der Waals surface area contributed by atoms with E-state index in [0.29, 0.717) is 24.4 Å². The van der Waals surface area contributed by atoms with Crippen molar-refractivity contribution in [3.8, 4) is 5.88 Å². The van der Waals surface area contributed by atoms with Gasteiger partial charge in [-0.2, -0.15) is 9.97 Å². The molecule has 0 atom stereocenters. The number of nitrogens with two attached hydrogens (primary N) is 1. The van der Waals surface area contributed by atoms with Crippen LogP contribution in [-0.2, 0) is 22.7 Å². The zero-order chi connectivity index (χ0) is 16.9. The Morgan fingerprint density at radius 2 is 2.04 bits per heavy atom. The number of rotatable bonds is 6. The summed E-state index contributed by atoms with van der Waals surface area (Å²) in [5.74, 6) is -0.0409. The number of fused-ring (bicyclic) bond motifs is 1. The van der Waals surface area contributed by atoms with Gasteiger partial charge in [-0.3, -0.25) is 4.79 Å². The van der Waals surface area contributed by atoms with E-state index in [9.17, 15) is 4.79 Å². The Balaban J connectivity index is 1.86. The lowest BCUT2D eigenvalue weighted by atomic mass is 10.2. The van der Waals surface area contributed by atoms with Crippen molar-refractivity contribution in [3.63, 3.8) is 0 Å². The number of nitrogens with zero attached hydrogens (tertiary/aromatic N) is 4. The normalized spacial score (nSPS) is 10.7. The highest BCUT2D eigenvalue weighted by Crippen LogP contribution is 2.22. The van der Waals surface area contributed by atoms with Gasteiger partial charge < -0.3 is 19.8 Å². The van der Waals surface area contributed by atoms with Gasteiger partial charge in [0.25, 0.3) is 0 Å². The van der Waals surface area contributed by atoms with Gasteiger partial charge in [-0.1, -0.05) is 30.3 Å². The number of anilines is 1. The van der Waals surface area contributed by atoms with Crippen LogP contribution in [0.1, 0.15) is 12.5 Å². The van der Waals surface area contributed by atoms with E-state index in [4.69, 9.17) is 15.2 Å². The topological polar surface area (TPSA) is 105 Å². The highest BCUT2D eigenvalue weighted by atomic mass is 16.5. The third-order valence-corrected chi connectivity index (χ3v) is 3.27. The number of hydrogen-bond acceptors (Lipinski definition) is 7. The zero-order valence-corrected chi connectivity index (χ0v) is 13.2. The summed E-state index contributed by atoms with van der Waals surface area (Å²) in [7, 11) is 0. The van der Waals surface area contributed by atoms with Gasteiger partial charge in [0, 0.05) is 0 Å². The average molecular weight is 327 g/mol. The van der Waals surface area contributed by atoms with Crippen LogP contribution in [0.3, 0.4) is 0 Å². The smallest absolute Gasteiger partial charge is 0.326 e. The molecule has 24 heavy (non-hydrogen) atoms. The summed E-state index contributed by atoms with van der Waals surface area (Å²) in [4.78, 5) is 24.1. The Kier molecular flexibility index (Phi) is 4.55. The highest BCUT2D eigenvalue weighted by molar-refractivity contribution is 5.79. The van der Waals surface area contributed by atoms with Gasteiger partial charge in [0.1, 0.15) is 13.2 Å². The van der Waals surface area contributed by atoms with Crippen LogP contribution in [0, 0.1) is 0 Å². The summed E-state index contributed by atoms with van der Waals surface area (Å²) < 4.78 is 12.2. The fourth-order valence-corrected chi connectivity index (χ4v) is 2.22. The molecular weight excluding hydrogens is 310 g/mol. The Labute approximate surface area is 138 Å². The molecule has 0 saturated carbocycles. The first-order chi connectivity index (χ1) is 11.7. The number of nitrogen functional groups attached to an aromatic ring is 1. The van der Waals surface area contributed by atoms with E-state index in [2.05, 4.69) is 15.0 Å². The second-order valence-corrected chi connectivity index (χ2v) is 5.01. The summed E-state index contributed by atoms with van der Waals surface area (Å²) in [5, 5.41) is 0. The van der Waals surface area contributed by atoms with E-state index < -0.39 is 0 Å². The lowest BCUT2D eigenvalue weighted by Gasteiger charge is -2.07. The predicted molar refractivity (Wildman–Crippen MR) is 87.1 cm³/mol. The largest absolute Gasteiger partial charge is 0.471 e. The molecule has 0 bridgehead atoms. The number of esters is 1. The third kappa shape index (κ3) is 3.43. The molecule has 1 aromatic carbocycles. The molecule has 0 aliphatic heterocycles. The van der Waals surface area contributed by atoms with Crippen LogP contribution in [0.4, 0.5) is 5.95 Å². The van der Waals surface area contributed by atoms with Crippen LogP contribution in [0.15, 0.2) is 36.7 Å². The van der Waals surface area contributed by atoms with E-state index >= 15 is 0 Å². The monoisotopic (exact) mass is 327 g/mol. The summed E-state index contributed by atoms with van der Waals surface area (Å²) in [6.45, 7) is 2.39. The Morgan fingerprint density at radius 1 is 1.25 bits per heavy atom. The van der Waals surface area contributed by atoms with Crippen molar-refractivity contribution < 1.29 is 14.3 Å². The van der Waals surface area contributed by atoms with E-state index in [1.165, 1.54) is 6.33 Å². The molecule has 3 rings (SSSR count). The molecule has 0 saturated heterocycles. The predicted octanol–water partition coefficient (Wildman–Crippen LogP) is 1.55. The first kappa shape index (κ1) is 15.7. The van der Waals surface area contributed by atoms with E-state index in [0.717, 1.165) is 5.56 Å². The van der Waals surface area contributed by atoms with Gasteiger partial charge in [-0.25, -0.2) is 4.98 Å². The maximum Gasteiger partial charge on any atom is 0.326 e. The van der Waals surface area contributed by atoms with Crippen LogP contribution in [0.2, 0.25) is 0 Å². The number of carbonyl (C=O) groups excluding carboxylic acids is 1. The van der Waals surface area contributed by atoms with Gasteiger partial charge >= 0.3 is 5.97 Å². The fourth-order valence-electron chi connectivity index (χ4n) is 2.22. The molecule has 2 aromatic heterocycles. The van der Waals surface area contributed by atoms with Crippen LogP contribution in [0.5, 0.6) is 5.88 Å². The Morgan fingerprint density at radius 3 is 2.79 bits per heavy atom. The molecule has 2 N–H and O–H groups in total. The van der Waals surface area contributed by atoms with Crippen molar-refractivity contribution in [2.45, 2.75) is 20.1 Å². The fraction of sp³-hybridized carbons (Fsp3) is 0.250. The molecule has 8 nitrogen and oxygen atoms in total. The van der Waals surface area contributed by atoms with Crippen molar-refractivity contribution in [1.82, 2.24) is 19.5 Å². The molecule has 0 spiro atoms. The second-order valence-electron chi connectivity index (χ2n) is 5.01. The van der Waals surface area contributed by atoms with Gasteiger partial charge in [0.05, 0.1) is 12.9 Å². The van der Waals surface area contributed by atoms with Crippen LogP contribution in [0.25, 0.3) is 11.2 Å². The number of aromatic nitrogens is 4. The molecule has 8 heteroatoms. The summed E-state index contributed by atoms with van der Waals surface area (Å²) >= 11 is 0. The number of carbonyl (C=O) groups is 1. The highest BCUT2D eigenvalue weighted by Gasteiger charge is 2.15. The maximum atomic E-state index is 11.7. The maximum absolute atomic E-state index is 11.7. The summed E-state index contributed by atoms with van der Waals surface area (Å²) in [6, 6.07) is 9.68. The minimum Gasteiger partial charge on any atom is -0.471 e. The molecule has 0 aliphatic rings. The minimum absolute atomic E-state index is 0.00107. The Hall–Kier alpha value is -3.16. The first-order valence-electron chi connectivity index (χ1n) is 7.48. The van der Waals surface area contributed by atoms with Crippen LogP contribution >= 0.6 is 0 Å². The first-order valence-corrected chi connectivity index (χ1v) is 7.48. The molecule has 2 heterocycles. The summed E-state index contributed by atoms with van der Waals surface area (Å²) in [5.41, 5.74) is 7.62. The molecular formula is C16H17N5O3. The van der Waals surface area contributed by atoms with Gasteiger partial charge in [-0.15, -0.1) is 0 Å². The molecule has 124 valence electrons. The number of ether oxygens (including phenoxy) is 2. The standard InChI is InChI=1S/C16H17N5O3/c1-2-23-12(22)8-21-10-18-13-14(21)19-16(17)20-15(13)24-9-11-6-4-3-5-7-11/h3-7,10H,2,8-9H2,1H3,(H2,17,19,20). The number of benzene rings is 1. The molecule has 0 fully saturated rings. The lowest BCUT2D eigenvalue weighted by Crippen LogP contribution is -2.13. The lowest BCUT2D eigenvalue weighted by molar-refractivity contribution is -0.143. The minimum atomic E-state index is -0.374. The number of hydrogen-bond donors (Lipinski definition) is 1. The molecule has 0 aliphatic carbocycles. The molecule has 0 radical (unpaired) electrons. The quantitative estimate of drug-likeness (QED) is 0.685. The zero-order valence-electron chi connectivity index (χ0n) is 13.2. The molecule has 0 amide bonds. The number of imidazole rings is 1. The molecule has 0 unspecified atom stereocenters. The van der Waals surface area contributed by atoms with Gasteiger partial charge in [0.2, 0.25) is 11.8 Å². The Bertz CT molecular complexity index is 848. The summed E-state index contributed by atoms with van der Waals surface area (Å²) in [6.07, 6.45) is 1.49. The van der Waals surface area contributed by atoms with E-state index in [1.807, 2.05) is 30.3 Å². The van der Waals surface area contributed by atoms with Crippen LogP contribution < -0.4 is 10.5 Å². The molecule has 3 aromatic rings.